The topological polar surface area (TPSA) is 61.4 Å². The van der Waals surface area contributed by atoms with Crippen molar-refractivity contribution in [2.24, 2.45) is 0 Å². The molecule has 5 nitrogen and oxygen atoms in total. The molecule has 1 fully saturated rings. The Bertz CT molecular complexity index is 507. The lowest BCUT2D eigenvalue weighted by atomic mass is 10.3. The summed E-state index contributed by atoms with van der Waals surface area (Å²) in [7, 11) is -0.263. The molecule has 0 bridgehead atoms. The van der Waals surface area contributed by atoms with E-state index in [0.717, 1.165) is 24.8 Å². The molecule has 0 aliphatic heterocycles. The standard InChI is InChI=1S/C13H21N3O2S/c1-16(2)19(17,18)13-7-5-12(6-8-13)15-10-9-14-11-3-4-11/h5-8,11,14-15H,3-4,9-10H2,1-2H3. The molecule has 0 amide bonds. The summed E-state index contributed by atoms with van der Waals surface area (Å²) in [5.74, 6) is 0. The van der Waals surface area contributed by atoms with E-state index in [2.05, 4.69) is 10.6 Å². The van der Waals surface area contributed by atoms with Gasteiger partial charge in [-0.15, -0.1) is 0 Å². The Hall–Kier alpha value is -1.11. The van der Waals surface area contributed by atoms with E-state index in [4.69, 9.17) is 0 Å². The molecule has 0 atom stereocenters. The molecule has 1 aromatic carbocycles. The van der Waals surface area contributed by atoms with Gasteiger partial charge in [0.1, 0.15) is 0 Å². The summed E-state index contributed by atoms with van der Waals surface area (Å²) in [6, 6.07) is 7.58. The van der Waals surface area contributed by atoms with Crippen molar-refractivity contribution in [3.8, 4) is 0 Å². The number of rotatable bonds is 7. The van der Waals surface area contributed by atoms with Crippen LogP contribution in [0, 0.1) is 0 Å². The molecule has 0 unspecified atom stereocenters. The van der Waals surface area contributed by atoms with Crippen molar-refractivity contribution >= 4 is 15.7 Å². The van der Waals surface area contributed by atoms with Gasteiger partial charge in [0.05, 0.1) is 4.90 Å². The molecule has 0 radical (unpaired) electrons. The van der Waals surface area contributed by atoms with Gasteiger partial charge in [-0.2, -0.15) is 0 Å². The molecule has 1 saturated carbocycles. The molecule has 1 aromatic rings. The fraction of sp³-hybridized carbons (Fsp3) is 0.538. The third-order valence-electron chi connectivity index (χ3n) is 3.10. The van der Waals surface area contributed by atoms with Crippen molar-refractivity contribution in [3.63, 3.8) is 0 Å². The molecule has 6 heteroatoms. The van der Waals surface area contributed by atoms with Crippen LogP contribution in [0.2, 0.25) is 0 Å². The van der Waals surface area contributed by atoms with Crippen LogP contribution in [0.4, 0.5) is 5.69 Å². The van der Waals surface area contributed by atoms with E-state index in [1.54, 1.807) is 24.3 Å². The van der Waals surface area contributed by atoms with Crippen LogP contribution in [-0.4, -0.2) is 45.9 Å². The highest BCUT2D eigenvalue weighted by Gasteiger charge is 2.19. The first kappa shape index (κ1) is 14.3. The Morgan fingerprint density at radius 3 is 2.32 bits per heavy atom. The highest BCUT2D eigenvalue weighted by molar-refractivity contribution is 7.89. The van der Waals surface area contributed by atoms with Gasteiger partial charge in [0.2, 0.25) is 10.0 Å². The normalized spacial score (nSPS) is 15.7. The molecule has 2 N–H and O–H groups in total. The molecule has 1 aliphatic carbocycles. The zero-order valence-electron chi connectivity index (χ0n) is 11.4. The van der Waals surface area contributed by atoms with Gasteiger partial charge in [-0.05, 0) is 37.1 Å². The van der Waals surface area contributed by atoms with Gasteiger partial charge in [-0.1, -0.05) is 0 Å². The first-order valence-corrected chi connectivity index (χ1v) is 7.94. The average Bonchev–Trinajstić information content (AvgIpc) is 3.19. The molecular formula is C13H21N3O2S. The summed E-state index contributed by atoms with van der Waals surface area (Å²) in [6.07, 6.45) is 2.58. The maximum atomic E-state index is 11.9. The van der Waals surface area contributed by atoms with Crippen molar-refractivity contribution in [1.82, 2.24) is 9.62 Å². The van der Waals surface area contributed by atoms with Gasteiger partial charge in [-0.25, -0.2) is 12.7 Å². The van der Waals surface area contributed by atoms with Crippen molar-refractivity contribution in [3.05, 3.63) is 24.3 Å². The zero-order valence-corrected chi connectivity index (χ0v) is 12.2. The largest absolute Gasteiger partial charge is 0.384 e. The van der Waals surface area contributed by atoms with Crippen LogP contribution in [0.25, 0.3) is 0 Å². The van der Waals surface area contributed by atoms with Gasteiger partial charge in [0.15, 0.2) is 0 Å². The van der Waals surface area contributed by atoms with E-state index in [-0.39, 0.29) is 0 Å². The summed E-state index contributed by atoms with van der Waals surface area (Å²) < 4.78 is 25.0. The highest BCUT2D eigenvalue weighted by Crippen LogP contribution is 2.18. The van der Waals surface area contributed by atoms with E-state index in [1.807, 2.05) is 0 Å². The molecule has 1 aliphatic rings. The minimum atomic E-state index is -3.33. The summed E-state index contributed by atoms with van der Waals surface area (Å²) >= 11 is 0. The maximum absolute atomic E-state index is 11.9. The van der Waals surface area contributed by atoms with Crippen LogP contribution in [0.15, 0.2) is 29.2 Å². The Balaban J connectivity index is 1.87. The number of sulfonamides is 1. The molecule has 19 heavy (non-hydrogen) atoms. The van der Waals surface area contributed by atoms with Gasteiger partial charge in [-0.3, -0.25) is 0 Å². The third kappa shape index (κ3) is 3.92. The van der Waals surface area contributed by atoms with Gasteiger partial charge in [0, 0.05) is 38.9 Å². The minimum Gasteiger partial charge on any atom is -0.384 e. The highest BCUT2D eigenvalue weighted by atomic mass is 32.2. The number of nitrogens with zero attached hydrogens (tertiary/aromatic N) is 1. The van der Waals surface area contributed by atoms with E-state index in [0.29, 0.717) is 4.90 Å². The predicted octanol–water partition coefficient (Wildman–Crippen LogP) is 1.10. The van der Waals surface area contributed by atoms with Gasteiger partial charge < -0.3 is 10.6 Å². The van der Waals surface area contributed by atoms with Crippen LogP contribution in [0.3, 0.4) is 0 Å². The second-order valence-electron chi connectivity index (χ2n) is 4.97. The van der Waals surface area contributed by atoms with Crippen molar-refractivity contribution < 1.29 is 8.42 Å². The predicted molar refractivity (Wildman–Crippen MR) is 76.8 cm³/mol. The van der Waals surface area contributed by atoms with Crippen LogP contribution in [0.1, 0.15) is 12.8 Å². The summed E-state index contributed by atoms with van der Waals surface area (Å²) in [5, 5.41) is 6.68. The van der Waals surface area contributed by atoms with E-state index in [1.165, 1.54) is 31.2 Å². The summed E-state index contributed by atoms with van der Waals surface area (Å²) in [4.78, 5) is 0.319. The molecular weight excluding hydrogens is 262 g/mol. The number of anilines is 1. The monoisotopic (exact) mass is 283 g/mol. The zero-order chi connectivity index (χ0) is 13.9. The van der Waals surface area contributed by atoms with E-state index >= 15 is 0 Å². The molecule has 0 heterocycles. The van der Waals surface area contributed by atoms with Gasteiger partial charge >= 0.3 is 0 Å². The quantitative estimate of drug-likeness (QED) is 0.736. The number of nitrogens with one attached hydrogen (secondary N) is 2. The minimum absolute atomic E-state index is 0.319. The maximum Gasteiger partial charge on any atom is 0.242 e. The number of hydrogen-bond donors (Lipinski definition) is 2. The molecule has 106 valence electrons. The second kappa shape index (κ2) is 5.90. The molecule has 0 saturated heterocycles. The Morgan fingerprint density at radius 1 is 1.16 bits per heavy atom. The van der Waals surface area contributed by atoms with E-state index < -0.39 is 10.0 Å². The smallest absolute Gasteiger partial charge is 0.242 e. The third-order valence-corrected chi connectivity index (χ3v) is 4.93. The van der Waals surface area contributed by atoms with Crippen molar-refractivity contribution in [1.29, 1.82) is 0 Å². The summed E-state index contributed by atoms with van der Waals surface area (Å²) in [5.41, 5.74) is 0.940. The fourth-order valence-corrected chi connectivity index (χ4v) is 2.63. The van der Waals surface area contributed by atoms with Crippen LogP contribution in [-0.2, 0) is 10.0 Å². The molecule has 0 aromatic heterocycles. The van der Waals surface area contributed by atoms with Gasteiger partial charge in [0.25, 0.3) is 0 Å². The van der Waals surface area contributed by atoms with Crippen LogP contribution in [0.5, 0.6) is 0 Å². The Morgan fingerprint density at radius 2 is 1.79 bits per heavy atom. The molecule has 2 rings (SSSR count). The number of hydrogen-bond acceptors (Lipinski definition) is 4. The van der Waals surface area contributed by atoms with E-state index in [9.17, 15) is 8.42 Å². The SMILES string of the molecule is CN(C)S(=O)(=O)c1ccc(NCCNC2CC2)cc1. The fourth-order valence-electron chi connectivity index (χ4n) is 1.73. The van der Waals surface area contributed by atoms with Crippen LogP contribution < -0.4 is 10.6 Å². The van der Waals surface area contributed by atoms with Crippen molar-refractivity contribution in [2.45, 2.75) is 23.8 Å². The number of benzene rings is 1. The Kier molecular flexibility index (Phi) is 4.44. The first-order chi connectivity index (χ1) is 9.00. The second-order valence-corrected chi connectivity index (χ2v) is 7.12. The average molecular weight is 283 g/mol. The molecule has 0 spiro atoms. The summed E-state index contributed by atoms with van der Waals surface area (Å²) in [6.45, 7) is 1.78. The lowest BCUT2D eigenvalue weighted by molar-refractivity contribution is 0.521. The Labute approximate surface area is 115 Å². The lowest BCUT2D eigenvalue weighted by Gasteiger charge is -2.12. The van der Waals surface area contributed by atoms with Crippen LogP contribution >= 0.6 is 0 Å². The van der Waals surface area contributed by atoms with Crippen molar-refractivity contribution in [2.75, 3.05) is 32.5 Å². The first-order valence-electron chi connectivity index (χ1n) is 6.50. The lowest BCUT2D eigenvalue weighted by Crippen LogP contribution is -2.24.